The first-order chi connectivity index (χ1) is 10.5. The molecule has 0 aromatic rings. The first-order valence-corrected chi connectivity index (χ1v) is 9.89. The maximum Gasteiger partial charge on any atom is 0.323 e. The average molecular weight is 330 g/mol. The van der Waals surface area contributed by atoms with Crippen LogP contribution in [0.2, 0.25) is 0 Å². The first-order valence-electron chi connectivity index (χ1n) is 8.50. The summed E-state index contributed by atoms with van der Waals surface area (Å²) in [5.74, 6) is 1.31. The largest absolute Gasteiger partial charge is 0.462 e. The second-order valence-corrected chi connectivity index (χ2v) is 7.31. The van der Waals surface area contributed by atoms with Gasteiger partial charge >= 0.3 is 5.97 Å². The SMILES string of the molecule is CSCCC(NCCC(=O)C1CCCCC1)C(=O)OC(C)C. The molecule has 1 aliphatic rings. The lowest BCUT2D eigenvalue weighted by Crippen LogP contribution is -2.40. The number of ketones is 1. The molecule has 0 aromatic heterocycles. The molecule has 0 bridgehead atoms. The van der Waals surface area contributed by atoms with Crippen molar-refractivity contribution in [1.82, 2.24) is 5.32 Å². The van der Waals surface area contributed by atoms with E-state index in [0.717, 1.165) is 25.0 Å². The molecule has 1 fully saturated rings. The van der Waals surface area contributed by atoms with Gasteiger partial charge in [-0.3, -0.25) is 9.59 Å². The number of carbonyl (C=O) groups is 2. The highest BCUT2D eigenvalue weighted by molar-refractivity contribution is 7.98. The fourth-order valence-electron chi connectivity index (χ4n) is 2.85. The molecular weight excluding hydrogens is 298 g/mol. The number of Topliss-reactive ketones (excluding diaryl/α,β-unsaturated/α-hetero) is 1. The van der Waals surface area contributed by atoms with Crippen LogP contribution < -0.4 is 5.32 Å². The van der Waals surface area contributed by atoms with Crippen molar-refractivity contribution in [3.63, 3.8) is 0 Å². The fraction of sp³-hybridized carbons (Fsp3) is 0.882. The van der Waals surface area contributed by atoms with Gasteiger partial charge in [-0.05, 0) is 45.1 Å². The Morgan fingerprint density at radius 2 is 1.91 bits per heavy atom. The Labute approximate surface area is 139 Å². The van der Waals surface area contributed by atoms with Gasteiger partial charge in [0.2, 0.25) is 0 Å². The molecule has 1 N–H and O–H groups in total. The quantitative estimate of drug-likeness (QED) is 0.624. The Balaban J connectivity index is 2.34. The second kappa shape index (κ2) is 11.1. The molecule has 0 aromatic carbocycles. The molecule has 22 heavy (non-hydrogen) atoms. The second-order valence-electron chi connectivity index (χ2n) is 6.33. The minimum absolute atomic E-state index is 0.102. The number of carbonyl (C=O) groups excluding carboxylic acids is 2. The summed E-state index contributed by atoms with van der Waals surface area (Å²) in [5.41, 5.74) is 0. The van der Waals surface area contributed by atoms with E-state index in [0.29, 0.717) is 18.7 Å². The predicted molar refractivity (Wildman–Crippen MR) is 92.2 cm³/mol. The van der Waals surface area contributed by atoms with Gasteiger partial charge in [-0.1, -0.05) is 19.3 Å². The predicted octanol–water partition coefficient (Wildman–Crippen LogP) is 3.19. The van der Waals surface area contributed by atoms with Crippen molar-refractivity contribution in [2.24, 2.45) is 5.92 Å². The number of rotatable bonds is 10. The van der Waals surface area contributed by atoms with Crippen LogP contribution >= 0.6 is 11.8 Å². The summed E-state index contributed by atoms with van der Waals surface area (Å²) in [6.45, 7) is 4.29. The van der Waals surface area contributed by atoms with Crippen molar-refractivity contribution < 1.29 is 14.3 Å². The smallest absolute Gasteiger partial charge is 0.323 e. The zero-order valence-electron chi connectivity index (χ0n) is 14.2. The zero-order valence-corrected chi connectivity index (χ0v) is 15.0. The Morgan fingerprint density at radius 3 is 2.50 bits per heavy atom. The average Bonchev–Trinajstić information content (AvgIpc) is 2.50. The maximum absolute atomic E-state index is 12.2. The molecule has 4 nitrogen and oxygen atoms in total. The first kappa shape index (κ1) is 19.5. The molecule has 1 saturated carbocycles. The van der Waals surface area contributed by atoms with Crippen LogP contribution in [0, 0.1) is 5.92 Å². The summed E-state index contributed by atoms with van der Waals surface area (Å²) in [7, 11) is 0. The van der Waals surface area contributed by atoms with Gasteiger partial charge in [0.05, 0.1) is 6.10 Å². The third-order valence-electron chi connectivity index (χ3n) is 4.07. The number of nitrogens with one attached hydrogen (secondary N) is 1. The van der Waals surface area contributed by atoms with Gasteiger partial charge < -0.3 is 10.1 Å². The van der Waals surface area contributed by atoms with Crippen LogP contribution in [0.5, 0.6) is 0 Å². The standard InChI is InChI=1S/C17H31NO3S/c1-13(2)21-17(20)15(10-12-22-3)18-11-9-16(19)14-7-5-4-6-8-14/h13-15,18H,4-12H2,1-3H3. The van der Waals surface area contributed by atoms with Crippen LogP contribution in [0.15, 0.2) is 0 Å². The van der Waals surface area contributed by atoms with E-state index in [1.807, 2.05) is 20.1 Å². The summed E-state index contributed by atoms with van der Waals surface area (Å²) in [5, 5.41) is 3.22. The number of hydrogen-bond acceptors (Lipinski definition) is 5. The Kier molecular flexibility index (Phi) is 9.80. The molecule has 1 rings (SSSR count). The van der Waals surface area contributed by atoms with E-state index in [1.165, 1.54) is 19.3 Å². The molecule has 0 saturated heterocycles. The van der Waals surface area contributed by atoms with E-state index in [-0.39, 0.29) is 24.0 Å². The number of esters is 1. The molecule has 0 spiro atoms. The monoisotopic (exact) mass is 329 g/mol. The minimum atomic E-state index is -0.297. The molecule has 128 valence electrons. The summed E-state index contributed by atoms with van der Waals surface area (Å²) >= 11 is 1.71. The van der Waals surface area contributed by atoms with Crippen LogP contribution in [0.25, 0.3) is 0 Å². The van der Waals surface area contributed by atoms with Crippen LogP contribution in [0.1, 0.15) is 58.8 Å². The van der Waals surface area contributed by atoms with Crippen LogP contribution in [-0.2, 0) is 14.3 Å². The Hall–Kier alpha value is -0.550. The molecule has 1 atom stereocenters. The van der Waals surface area contributed by atoms with Crippen molar-refractivity contribution in [3.8, 4) is 0 Å². The van der Waals surface area contributed by atoms with Crippen LogP contribution in [0.4, 0.5) is 0 Å². The normalized spacial score (nSPS) is 17.5. The summed E-state index contributed by atoms with van der Waals surface area (Å²) in [6, 6.07) is -0.297. The summed E-state index contributed by atoms with van der Waals surface area (Å²) in [6.07, 6.45) is 8.91. The number of hydrogen-bond donors (Lipinski definition) is 1. The highest BCUT2D eigenvalue weighted by Gasteiger charge is 2.23. The molecule has 0 radical (unpaired) electrons. The van der Waals surface area contributed by atoms with E-state index < -0.39 is 0 Å². The lowest BCUT2D eigenvalue weighted by Gasteiger charge is -2.22. The summed E-state index contributed by atoms with van der Waals surface area (Å²) < 4.78 is 5.29. The number of ether oxygens (including phenoxy) is 1. The van der Waals surface area contributed by atoms with E-state index in [1.54, 1.807) is 11.8 Å². The summed E-state index contributed by atoms with van der Waals surface area (Å²) in [4.78, 5) is 24.2. The molecule has 0 heterocycles. The molecule has 0 amide bonds. The lowest BCUT2D eigenvalue weighted by molar-refractivity contribution is -0.150. The highest BCUT2D eigenvalue weighted by Crippen LogP contribution is 2.25. The van der Waals surface area contributed by atoms with Gasteiger partial charge in [-0.15, -0.1) is 0 Å². The van der Waals surface area contributed by atoms with Gasteiger partial charge in [0, 0.05) is 18.9 Å². The molecule has 5 heteroatoms. The lowest BCUT2D eigenvalue weighted by atomic mass is 9.85. The third-order valence-corrected chi connectivity index (χ3v) is 4.71. The molecule has 1 unspecified atom stereocenters. The Bertz CT molecular complexity index is 341. The van der Waals surface area contributed by atoms with E-state index in [9.17, 15) is 9.59 Å². The van der Waals surface area contributed by atoms with Crippen molar-refractivity contribution in [2.75, 3.05) is 18.6 Å². The van der Waals surface area contributed by atoms with Gasteiger partial charge in [0.1, 0.15) is 11.8 Å². The van der Waals surface area contributed by atoms with Gasteiger partial charge in [0.25, 0.3) is 0 Å². The van der Waals surface area contributed by atoms with Gasteiger partial charge in [0.15, 0.2) is 0 Å². The zero-order chi connectivity index (χ0) is 16.4. The van der Waals surface area contributed by atoms with Crippen molar-refractivity contribution in [3.05, 3.63) is 0 Å². The van der Waals surface area contributed by atoms with E-state index in [4.69, 9.17) is 4.74 Å². The van der Waals surface area contributed by atoms with Crippen LogP contribution in [0.3, 0.4) is 0 Å². The van der Waals surface area contributed by atoms with Crippen molar-refractivity contribution >= 4 is 23.5 Å². The molecule has 0 aliphatic heterocycles. The fourth-order valence-corrected chi connectivity index (χ4v) is 3.32. The molecule has 1 aliphatic carbocycles. The maximum atomic E-state index is 12.2. The molecular formula is C17H31NO3S. The third kappa shape index (κ3) is 7.63. The van der Waals surface area contributed by atoms with E-state index in [2.05, 4.69) is 5.32 Å². The number of thioether (sulfide) groups is 1. The minimum Gasteiger partial charge on any atom is -0.462 e. The topological polar surface area (TPSA) is 55.4 Å². The van der Waals surface area contributed by atoms with Crippen molar-refractivity contribution in [2.45, 2.75) is 70.9 Å². The van der Waals surface area contributed by atoms with E-state index >= 15 is 0 Å². The van der Waals surface area contributed by atoms with Crippen LogP contribution in [-0.4, -0.2) is 42.5 Å². The Morgan fingerprint density at radius 1 is 1.23 bits per heavy atom. The van der Waals surface area contributed by atoms with Gasteiger partial charge in [-0.2, -0.15) is 11.8 Å². The van der Waals surface area contributed by atoms with Gasteiger partial charge in [-0.25, -0.2) is 0 Å². The van der Waals surface area contributed by atoms with Crippen molar-refractivity contribution in [1.29, 1.82) is 0 Å². The highest BCUT2D eigenvalue weighted by atomic mass is 32.2.